The largest absolute Gasteiger partial charge is 0.376 e. The number of nitrogens with one attached hydrogen (secondary N) is 1. The predicted octanol–water partition coefficient (Wildman–Crippen LogP) is 3.39. The summed E-state index contributed by atoms with van der Waals surface area (Å²) in [6, 6.07) is 9.49. The Bertz CT molecular complexity index is 394. The molecule has 18 heavy (non-hydrogen) atoms. The summed E-state index contributed by atoms with van der Waals surface area (Å²) >= 11 is 0. The van der Waals surface area contributed by atoms with Crippen LogP contribution in [-0.4, -0.2) is 19.8 Å². The van der Waals surface area contributed by atoms with E-state index in [9.17, 15) is 0 Å². The van der Waals surface area contributed by atoms with E-state index < -0.39 is 0 Å². The van der Waals surface area contributed by atoms with Crippen LogP contribution < -0.4 is 5.32 Å². The van der Waals surface area contributed by atoms with Crippen LogP contribution >= 0.6 is 0 Å². The van der Waals surface area contributed by atoms with Crippen molar-refractivity contribution in [3.63, 3.8) is 0 Å². The fourth-order valence-corrected chi connectivity index (χ4v) is 3.18. The standard InChI is InChI=1S/C16H23NO/c1-17-16(15-9-4-10-18-15)14-8-3-7-13(11-14)12-5-2-6-12/h3,7-8,11-12,15-17H,2,4-6,9-10H2,1H3. The third-order valence-corrected chi connectivity index (χ3v) is 4.49. The Hall–Kier alpha value is -0.860. The highest BCUT2D eigenvalue weighted by atomic mass is 16.5. The van der Waals surface area contributed by atoms with E-state index in [1.54, 1.807) is 0 Å². The molecular weight excluding hydrogens is 222 g/mol. The van der Waals surface area contributed by atoms with Gasteiger partial charge >= 0.3 is 0 Å². The highest BCUT2D eigenvalue weighted by Crippen LogP contribution is 2.37. The molecule has 0 aromatic heterocycles. The normalized spacial score (nSPS) is 25.9. The van der Waals surface area contributed by atoms with Gasteiger partial charge in [0.1, 0.15) is 0 Å². The van der Waals surface area contributed by atoms with E-state index >= 15 is 0 Å². The first kappa shape index (κ1) is 12.2. The van der Waals surface area contributed by atoms with Gasteiger partial charge in [0, 0.05) is 6.61 Å². The number of hydrogen-bond acceptors (Lipinski definition) is 2. The lowest BCUT2D eigenvalue weighted by molar-refractivity contribution is 0.0807. The second kappa shape index (κ2) is 5.41. The van der Waals surface area contributed by atoms with Crippen LogP contribution in [0.15, 0.2) is 24.3 Å². The van der Waals surface area contributed by atoms with Crippen molar-refractivity contribution in [2.75, 3.05) is 13.7 Å². The van der Waals surface area contributed by atoms with E-state index in [0.717, 1.165) is 12.5 Å². The highest BCUT2D eigenvalue weighted by molar-refractivity contribution is 5.30. The number of benzene rings is 1. The van der Waals surface area contributed by atoms with Crippen LogP contribution in [-0.2, 0) is 4.74 Å². The maximum absolute atomic E-state index is 5.84. The Morgan fingerprint density at radius 1 is 1.22 bits per heavy atom. The SMILES string of the molecule is CNC(c1cccc(C2CCC2)c1)C1CCCO1. The minimum Gasteiger partial charge on any atom is -0.376 e. The van der Waals surface area contributed by atoms with Crippen molar-refractivity contribution in [2.45, 2.75) is 50.2 Å². The van der Waals surface area contributed by atoms with Gasteiger partial charge < -0.3 is 10.1 Å². The Morgan fingerprint density at radius 3 is 2.72 bits per heavy atom. The molecule has 0 spiro atoms. The van der Waals surface area contributed by atoms with Gasteiger partial charge in [-0.25, -0.2) is 0 Å². The van der Waals surface area contributed by atoms with E-state index in [-0.39, 0.29) is 0 Å². The van der Waals surface area contributed by atoms with Crippen molar-refractivity contribution in [3.8, 4) is 0 Å². The van der Waals surface area contributed by atoms with E-state index in [1.807, 2.05) is 7.05 Å². The van der Waals surface area contributed by atoms with Crippen molar-refractivity contribution in [2.24, 2.45) is 0 Å². The summed E-state index contributed by atoms with van der Waals surface area (Å²) in [6.07, 6.45) is 6.87. The van der Waals surface area contributed by atoms with Gasteiger partial charge in [0.25, 0.3) is 0 Å². The van der Waals surface area contributed by atoms with Crippen LogP contribution in [0, 0.1) is 0 Å². The molecule has 1 aliphatic heterocycles. The molecule has 1 N–H and O–H groups in total. The van der Waals surface area contributed by atoms with Crippen molar-refractivity contribution in [1.29, 1.82) is 0 Å². The molecule has 1 heterocycles. The van der Waals surface area contributed by atoms with E-state index in [2.05, 4.69) is 29.6 Å². The number of ether oxygens (including phenoxy) is 1. The molecule has 2 fully saturated rings. The summed E-state index contributed by atoms with van der Waals surface area (Å²) in [5.41, 5.74) is 2.92. The van der Waals surface area contributed by atoms with Gasteiger partial charge in [-0.3, -0.25) is 0 Å². The molecule has 1 aliphatic carbocycles. The Kier molecular flexibility index (Phi) is 3.67. The van der Waals surface area contributed by atoms with Gasteiger partial charge in [0.15, 0.2) is 0 Å². The molecule has 1 saturated carbocycles. The third-order valence-electron chi connectivity index (χ3n) is 4.49. The number of hydrogen-bond donors (Lipinski definition) is 1. The summed E-state index contributed by atoms with van der Waals surface area (Å²) < 4.78 is 5.84. The minimum absolute atomic E-state index is 0.353. The van der Waals surface area contributed by atoms with Crippen molar-refractivity contribution >= 4 is 0 Å². The quantitative estimate of drug-likeness (QED) is 0.878. The fraction of sp³-hybridized carbons (Fsp3) is 0.625. The summed E-state index contributed by atoms with van der Waals surface area (Å²) in [7, 11) is 2.04. The van der Waals surface area contributed by atoms with Crippen molar-refractivity contribution < 1.29 is 4.74 Å². The number of likely N-dealkylation sites (N-methyl/N-ethyl adjacent to an activating group) is 1. The molecule has 2 aliphatic rings. The fourth-order valence-electron chi connectivity index (χ4n) is 3.18. The first-order chi connectivity index (χ1) is 8.88. The molecule has 0 amide bonds. The highest BCUT2D eigenvalue weighted by Gasteiger charge is 2.27. The van der Waals surface area contributed by atoms with Gasteiger partial charge in [0.05, 0.1) is 12.1 Å². The van der Waals surface area contributed by atoms with Crippen molar-refractivity contribution in [3.05, 3.63) is 35.4 Å². The average Bonchev–Trinajstić information content (AvgIpc) is 2.82. The molecule has 2 unspecified atom stereocenters. The maximum atomic E-state index is 5.84. The van der Waals surface area contributed by atoms with Gasteiger partial charge in [-0.1, -0.05) is 30.7 Å². The zero-order valence-electron chi connectivity index (χ0n) is 11.2. The monoisotopic (exact) mass is 245 g/mol. The lowest BCUT2D eigenvalue weighted by Gasteiger charge is -2.28. The molecule has 0 radical (unpaired) electrons. The average molecular weight is 245 g/mol. The summed E-state index contributed by atoms with van der Waals surface area (Å²) in [5, 5.41) is 3.44. The van der Waals surface area contributed by atoms with E-state index in [1.165, 1.54) is 43.2 Å². The van der Waals surface area contributed by atoms with Crippen LogP contribution in [0.4, 0.5) is 0 Å². The van der Waals surface area contributed by atoms with Crippen molar-refractivity contribution in [1.82, 2.24) is 5.32 Å². The third kappa shape index (κ3) is 2.32. The van der Waals surface area contributed by atoms with E-state index in [4.69, 9.17) is 4.74 Å². The topological polar surface area (TPSA) is 21.3 Å². The molecule has 1 aromatic carbocycles. The van der Waals surface area contributed by atoms with Crippen LogP contribution in [0.3, 0.4) is 0 Å². The molecule has 1 aromatic rings. The first-order valence-electron chi connectivity index (χ1n) is 7.27. The lowest BCUT2D eigenvalue weighted by atomic mass is 9.79. The molecule has 3 rings (SSSR count). The van der Waals surface area contributed by atoms with Gasteiger partial charge in [-0.05, 0) is 49.8 Å². The molecule has 2 heteroatoms. The zero-order chi connectivity index (χ0) is 12.4. The van der Waals surface area contributed by atoms with Gasteiger partial charge in [0.2, 0.25) is 0 Å². The van der Waals surface area contributed by atoms with Gasteiger partial charge in [-0.15, -0.1) is 0 Å². The zero-order valence-corrected chi connectivity index (χ0v) is 11.2. The van der Waals surface area contributed by atoms with Gasteiger partial charge in [-0.2, -0.15) is 0 Å². The molecule has 2 atom stereocenters. The molecule has 0 bridgehead atoms. The maximum Gasteiger partial charge on any atom is 0.0770 e. The Morgan fingerprint density at radius 2 is 2.11 bits per heavy atom. The summed E-state index contributed by atoms with van der Waals surface area (Å²) in [5.74, 6) is 0.812. The minimum atomic E-state index is 0.353. The Balaban J connectivity index is 1.80. The second-order valence-electron chi connectivity index (χ2n) is 5.62. The smallest absolute Gasteiger partial charge is 0.0770 e. The Labute approximate surface area is 110 Å². The summed E-state index contributed by atoms with van der Waals surface area (Å²) in [4.78, 5) is 0. The predicted molar refractivity (Wildman–Crippen MR) is 73.8 cm³/mol. The molecule has 98 valence electrons. The second-order valence-corrected chi connectivity index (χ2v) is 5.62. The molecular formula is C16H23NO. The van der Waals surface area contributed by atoms with Crippen LogP contribution in [0.1, 0.15) is 55.2 Å². The lowest BCUT2D eigenvalue weighted by Crippen LogP contribution is -2.29. The molecule has 1 saturated heterocycles. The van der Waals surface area contributed by atoms with E-state index in [0.29, 0.717) is 12.1 Å². The molecule has 2 nitrogen and oxygen atoms in total. The number of rotatable bonds is 4. The van der Waals surface area contributed by atoms with Crippen LogP contribution in [0.5, 0.6) is 0 Å². The van der Waals surface area contributed by atoms with Crippen LogP contribution in [0.25, 0.3) is 0 Å². The summed E-state index contributed by atoms with van der Waals surface area (Å²) in [6.45, 7) is 0.922. The van der Waals surface area contributed by atoms with Crippen LogP contribution in [0.2, 0.25) is 0 Å². The first-order valence-corrected chi connectivity index (χ1v) is 7.27.